The summed E-state index contributed by atoms with van der Waals surface area (Å²) in [4.78, 5) is 13.6. The first-order valence-electron chi connectivity index (χ1n) is 5.42. The van der Waals surface area contributed by atoms with E-state index in [1.807, 2.05) is 0 Å². The zero-order chi connectivity index (χ0) is 12.4. The highest BCUT2D eigenvalue weighted by molar-refractivity contribution is 5.94. The molecule has 0 saturated carbocycles. The molecule has 1 aliphatic heterocycles. The fourth-order valence-corrected chi connectivity index (χ4v) is 1.90. The van der Waals surface area contributed by atoms with Crippen molar-refractivity contribution >= 4 is 5.91 Å². The molecule has 92 valence electrons. The van der Waals surface area contributed by atoms with E-state index in [0.717, 1.165) is 0 Å². The third-order valence-electron chi connectivity index (χ3n) is 2.85. The molecule has 1 saturated heterocycles. The van der Waals surface area contributed by atoms with Crippen LogP contribution in [0.25, 0.3) is 0 Å². The van der Waals surface area contributed by atoms with Gasteiger partial charge in [-0.15, -0.1) is 0 Å². The van der Waals surface area contributed by atoms with Crippen LogP contribution in [0.3, 0.4) is 0 Å². The summed E-state index contributed by atoms with van der Waals surface area (Å²) in [6.07, 6.45) is 0.130. The molecule has 0 spiro atoms. The number of likely N-dealkylation sites (tertiary alicyclic amines) is 1. The maximum absolute atomic E-state index is 13.2. The van der Waals surface area contributed by atoms with Gasteiger partial charge in [0.25, 0.3) is 5.91 Å². The Morgan fingerprint density at radius 1 is 1.59 bits per heavy atom. The summed E-state index contributed by atoms with van der Waals surface area (Å²) in [6, 6.07) is 4.01. The second-order valence-corrected chi connectivity index (χ2v) is 4.04. The van der Waals surface area contributed by atoms with Crippen LogP contribution in [-0.2, 0) is 0 Å². The van der Waals surface area contributed by atoms with Gasteiger partial charge in [-0.1, -0.05) is 0 Å². The molecule has 1 heterocycles. The first kappa shape index (κ1) is 11.9. The third kappa shape index (κ3) is 2.39. The highest BCUT2D eigenvalue weighted by Crippen LogP contribution is 2.20. The monoisotopic (exact) mass is 239 g/mol. The van der Waals surface area contributed by atoms with Gasteiger partial charge < -0.3 is 14.7 Å². The van der Waals surface area contributed by atoms with Gasteiger partial charge in [-0.05, 0) is 24.6 Å². The van der Waals surface area contributed by atoms with E-state index in [1.54, 1.807) is 4.90 Å². The van der Waals surface area contributed by atoms with Gasteiger partial charge in [-0.3, -0.25) is 4.79 Å². The fourth-order valence-electron chi connectivity index (χ4n) is 1.90. The highest BCUT2D eigenvalue weighted by atomic mass is 19.1. The van der Waals surface area contributed by atoms with Crippen molar-refractivity contribution in [2.75, 3.05) is 20.2 Å². The van der Waals surface area contributed by atoms with Crippen molar-refractivity contribution < 1.29 is 19.0 Å². The molecule has 1 aromatic rings. The molecule has 2 rings (SSSR count). The van der Waals surface area contributed by atoms with E-state index >= 15 is 0 Å². The molecular weight excluding hydrogens is 225 g/mol. The number of hydrogen-bond donors (Lipinski definition) is 1. The first-order valence-corrected chi connectivity index (χ1v) is 5.42. The van der Waals surface area contributed by atoms with E-state index in [1.165, 1.54) is 25.3 Å². The van der Waals surface area contributed by atoms with Crippen LogP contribution in [0.15, 0.2) is 18.2 Å². The Bertz CT molecular complexity index is 436. The number of methoxy groups -OCH3 is 1. The quantitative estimate of drug-likeness (QED) is 0.839. The number of ether oxygens (including phenoxy) is 1. The van der Waals surface area contributed by atoms with Crippen LogP contribution in [0, 0.1) is 5.82 Å². The van der Waals surface area contributed by atoms with Gasteiger partial charge in [-0.25, -0.2) is 4.39 Å². The lowest BCUT2D eigenvalue weighted by Gasteiger charge is -2.16. The molecule has 0 bridgehead atoms. The summed E-state index contributed by atoms with van der Waals surface area (Å²) in [7, 11) is 1.35. The topological polar surface area (TPSA) is 49.8 Å². The number of benzene rings is 1. The molecule has 4 nitrogen and oxygen atoms in total. The second kappa shape index (κ2) is 4.71. The minimum absolute atomic E-state index is 0.0515. The molecule has 1 aromatic carbocycles. The Labute approximate surface area is 98.6 Å². The summed E-state index contributed by atoms with van der Waals surface area (Å²) in [6.45, 7) is 0.859. The minimum Gasteiger partial charge on any atom is -0.494 e. The lowest BCUT2D eigenvalue weighted by Crippen LogP contribution is -2.29. The summed E-state index contributed by atoms with van der Waals surface area (Å²) in [5.74, 6) is -0.652. The van der Waals surface area contributed by atoms with Crippen molar-refractivity contribution in [2.24, 2.45) is 0 Å². The van der Waals surface area contributed by atoms with Crippen molar-refractivity contribution in [3.8, 4) is 5.75 Å². The number of nitrogens with zero attached hydrogens (tertiary/aromatic N) is 1. The Morgan fingerprint density at radius 2 is 2.35 bits per heavy atom. The molecule has 1 N–H and O–H groups in total. The van der Waals surface area contributed by atoms with Crippen LogP contribution in [0.4, 0.5) is 4.39 Å². The molecule has 0 unspecified atom stereocenters. The van der Waals surface area contributed by atoms with Gasteiger partial charge in [0.05, 0.1) is 13.2 Å². The Kier molecular flexibility index (Phi) is 3.28. The van der Waals surface area contributed by atoms with Crippen LogP contribution in [0.5, 0.6) is 5.75 Å². The van der Waals surface area contributed by atoms with E-state index < -0.39 is 11.9 Å². The van der Waals surface area contributed by atoms with Crippen molar-refractivity contribution in [1.29, 1.82) is 0 Å². The number of aliphatic hydroxyl groups excluding tert-OH is 1. The summed E-state index contributed by atoms with van der Waals surface area (Å²) >= 11 is 0. The number of amides is 1. The standard InChI is InChI=1S/C12H14FNO3/c1-17-11-6-8(2-3-10(11)13)12(16)14-5-4-9(15)7-14/h2-3,6,9,15H,4-5,7H2,1H3/t9-/m0/s1. The molecular formula is C12H14FNO3. The number of β-amino-alcohol motifs (C(OH)–C–C–N with tert-alkyl or cyclic N) is 1. The SMILES string of the molecule is COc1cc(C(=O)N2CC[C@H](O)C2)ccc1F. The molecule has 1 fully saturated rings. The first-order chi connectivity index (χ1) is 8.11. The average molecular weight is 239 g/mol. The Balaban J connectivity index is 2.19. The van der Waals surface area contributed by atoms with Gasteiger partial charge in [0.1, 0.15) is 0 Å². The lowest BCUT2D eigenvalue weighted by atomic mass is 10.2. The van der Waals surface area contributed by atoms with E-state index in [4.69, 9.17) is 4.74 Å². The normalized spacial score (nSPS) is 19.5. The second-order valence-electron chi connectivity index (χ2n) is 4.04. The van der Waals surface area contributed by atoms with Crippen molar-refractivity contribution in [3.63, 3.8) is 0 Å². The largest absolute Gasteiger partial charge is 0.494 e. The van der Waals surface area contributed by atoms with Gasteiger partial charge in [0.2, 0.25) is 0 Å². The number of rotatable bonds is 2. The molecule has 1 atom stereocenters. The van der Waals surface area contributed by atoms with Crippen LogP contribution >= 0.6 is 0 Å². The number of carbonyl (C=O) groups is 1. The predicted octanol–water partition coefficient (Wildman–Crippen LogP) is 1.04. The van der Waals surface area contributed by atoms with E-state index in [-0.39, 0.29) is 11.7 Å². The lowest BCUT2D eigenvalue weighted by molar-refractivity contribution is 0.0764. The van der Waals surface area contributed by atoms with Crippen LogP contribution in [0.2, 0.25) is 0 Å². The number of carbonyl (C=O) groups excluding carboxylic acids is 1. The van der Waals surface area contributed by atoms with E-state index in [2.05, 4.69) is 0 Å². The maximum atomic E-state index is 13.2. The zero-order valence-corrected chi connectivity index (χ0v) is 9.52. The van der Waals surface area contributed by atoms with Crippen LogP contribution in [0.1, 0.15) is 16.8 Å². The van der Waals surface area contributed by atoms with Gasteiger partial charge in [0, 0.05) is 18.7 Å². The van der Waals surface area contributed by atoms with E-state index in [9.17, 15) is 14.3 Å². The highest BCUT2D eigenvalue weighted by Gasteiger charge is 2.25. The van der Waals surface area contributed by atoms with Crippen molar-refractivity contribution in [2.45, 2.75) is 12.5 Å². The number of aliphatic hydroxyl groups is 1. The molecule has 1 aliphatic rings. The van der Waals surface area contributed by atoms with Crippen LogP contribution < -0.4 is 4.74 Å². The van der Waals surface area contributed by atoms with Gasteiger partial charge in [0.15, 0.2) is 11.6 Å². The number of hydrogen-bond acceptors (Lipinski definition) is 3. The van der Waals surface area contributed by atoms with E-state index in [0.29, 0.717) is 25.1 Å². The average Bonchev–Trinajstić information content (AvgIpc) is 2.75. The zero-order valence-electron chi connectivity index (χ0n) is 9.52. The summed E-state index contributed by atoms with van der Waals surface area (Å²) < 4.78 is 18.0. The Morgan fingerprint density at radius 3 is 2.94 bits per heavy atom. The maximum Gasteiger partial charge on any atom is 0.254 e. The molecule has 1 amide bonds. The van der Waals surface area contributed by atoms with Crippen molar-refractivity contribution in [1.82, 2.24) is 4.90 Å². The molecule has 0 aliphatic carbocycles. The smallest absolute Gasteiger partial charge is 0.254 e. The van der Waals surface area contributed by atoms with Gasteiger partial charge in [-0.2, -0.15) is 0 Å². The minimum atomic E-state index is -0.495. The Hall–Kier alpha value is -1.62. The number of halogens is 1. The third-order valence-corrected chi connectivity index (χ3v) is 2.85. The summed E-state index contributed by atoms with van der Waals surface area (Å²) in [5.41, 5.74) is 0.373. The van der Waals surface area contributed by atoms with Gasteiger partial charge >= 0.3 is 0 Å². The molecule has 0 aromatic heterocycles. The summed E-state index contributed by atoms with van der Waals surface area (Å²) in [5, 5.41) is 9.36. The van der Waals surface area contributed by atoms with Crippen molar-refractivity contribution in [3.05, 3.63) is 29.6 Å². The molecule has 5 heteroatoms. The predicted molar refractivity (Wildman–Crippen MR) is 59.5 cm³/mol. The molecule has 17 heavy (non-hydrogen) atoms. The van der Waals surface area contributed by atoms with Crippen LogP contribution in [-0.4, -0.2) is 42.2 Å². The molecule has 0 radical (unpaired) electrons. The fraction of sp³-hybridized carbons (Fsp3) is 0.417.